The molecule has 0 atom stereocenters. The van der Waals surface area contributed by atoms with Crippen LogP contribution in [-0.4, -0.2) is 17.1 Å². The highest BCUT2D eigenvalue weighted by Gasteiger charge is 2.37. The first-order valence-electron chi connectivity index (χ1n) is 7.14. The maximum absolute atomic E-state index is 13.6. The van der Waals surface area contributed by atoms with Crippen LogP contribution in [0.5, 0.6) is 0 Å². The van der Waals surface area contributed by atoms with E-state index in [0.717, 1.165) is 12.8 Å². The molecule has 1 fully saturated rings. The zero-order chi connectivity index (χ0) is 15.0. The molecule has 0 unspecified atom stereocenters. The zero-order valence-corrected chi connectivity index (χ0v) is 12.7. The molecule has 0 aliphatic carbocycles. The van der Waals surface area contributed by atoms with Gasteiger partial charge in [-0.1, -0.05) is 6.07 Å². The minimum absolute atomic E-state index is 0.0210. The van der Waals surface area contributed by atoms with Gasteiger partial charge in [-0.05, 0) is 52.7 Å². The molecule has 2 nitrogen and oxygen atoms in total. The van der Waals surface area contributed by atoms with Crippen molar-refractivity contribution < 1.29 is 8.78 Å². The lowest BCUT2D eigenvalue weighted by molar-refractivity contribution is 0.145. The van der Waals surface area contributed by atoms with E-state index in [4.69, 9.17) is 0 Å². The number of benzene rings is 1. The van der Waals surface area contributed by atoms with Crippen LogP contribution in [0.25, 0.3) is 0 Å². The molecule has 2 rings (SSSR count). The van der Waals surface area contributed by atoms with Crippen molar-refractivity contribution in [1.82, 2.24) is 10.6 Å². The predicted octanol–water partition coefficient (Wildman–Crippen LogP) is 3.36. The Morgan fingerprint density at radius 3 is 2.10 bits per heavy atom. The Balaban J connectivity index is 2.04. The van der Waals surface area contributed by atoms with Crippen molar-refractivity contribution in [3.8, 4) is 0 Å². The molecule has 0 radical (unpaired) electrons. The highest BCUT2D eigenvalue weighted by atomic mass is 19.1. The highest BCUT2D eigenvalue weighted by molar-refractivity contribution is 5.19. The highest BCUT2D eigenvalue weighted by Crippen LogP contribution is 2.28. The Morgan fingerprint density at radius 2 is 1.60 bits per heavy atom. The molecule has 4 heteroatoms. The van der Waals surface area contributed by atoms with Gasteiger partial charge in [-0.15, -0.1) is 0 Å². The Kier molecular flexibility index (Phi) is 4.17. The minimum atomic E-state index is -0.482. The van der Waals surface area contributed by atoms with Crippen LogP contribution in [0.3, 0.4) is 0 Å². The van der Waals surface area contributed by atoms with E-state index in [1.807, 2.05) is 0 Å². The number of piperidine rings is 1. The molecular weight excluding hydrogens is 258 g/mol. The lowest BCUT2D eigenvalue weighted by Gasteiger charge is -2.46. The number of hydrogen-bond donors (Lipinski definition) is 2. The quantitative estimate of drug-likeness (QED) is 0.888. The SMILES string of the molecule is CC1(C)CC(NCc2c(F)cccc2F)CC(C)(C)N1. The third kappa shape index (κ3) is 3.76. The van der Waals surface area contributed by atoms with Crippen LogP contribution in [0.2, 0.25) is 0 Å². The van der Waals surface area contributed by atoms with Gasteiger partial charge in [-0.25, -0.2) is 8.78 Å². The fourth-order valence-corrected chi connectivity index (χ4v) is 3.41. The van der Waals surface area contributed by atoms with Gasteiger partial charge < -0.3 is 10.6 Å². The first kappa shape index (κ1) is 15.4. The summed E-state index contributed by atoms with van der Waals surface area (Å²) in [7, 11) is 0. The van der Waals surface area contributed by atoms with Crippen LogP contribution in [0.15, 0.2) is 18.2 Å². The molecule has 112 valence electrons. The summed E-state index contributed by atoms with van der Waals surface area (Å²) >= 11 is 0. The van der Waals surface area contributed by atoms with Gasteiger partial charge in [0.1, 0.15) is 11.6 Å². The summed E-state index contributed by atoms with van der Waals surface area (Å²) in [5, 5.41) is 6.91. The van der Waals surface area contributed by atoms with Gasteiger partial charge in [-0.2, -0.15) is 0 Å². The van der Waals surface area contributed by atoms with Gasteiger partial charge in [-0.3, -0.25) is 0 Å². The summed E-state index contributed by atoms with van der Waals surface area (Å²) in [6.07, 6.45) is 1.87. The Labute approximate surface area is 120 Å². The Hall–Kier alpha value is -1.00. The van der Waals surface area contributed by atoms with Crippen molar-refractivity contribution in [2.45, 2.75) is 64.2 Å². The Morgan fingerprint density at radius 1 is 1.10 bits per heavy atom. The Bertz CT molecular complexity index is 447. The van der Waals surface area contributed by atoms with Crippen LogP contribution < -0.4 is 10.6 Å². The molecule has 1 heterocycles. The fourth-order valence-electron chi connectivity index (χ4n) is 3.41. The molecule has 0 amide bonds. The smallest absolute Gasteiger partial charge is 0.130 e. The van der Waals surface area contributed by atoms with Gasteiger partial charge in [0, 0.05) is 29.2 Å². The monoisotopic (exact) mass is 282 g/mol. The topological polar surface area (TPSA) is 24.1 Å². The summed E-state index contributed by atoms with van der Waals surface area (Å²) in [5.41, 5.74) is 0.169. The van der Waals surface area contributed by atoms with Crippen LogP contribution in [0, 0.1) is 11.6 Å². The van der Waals surface area contributed by atoms with Gasteiger partial charge >= 0.3 is 0 Å². The third-order valence-corrected chi connectivity index (χ3v) is 3.82. The molecule has 0 spiro atoms. The molecule has 0 aromatic heterocycles. The summed E-state index contributed by atoms with van der Waals surface area (Å²) in [5.74, 6) is -0.963. The standard InChI is InChI=1S/C16H24F2N2/c1-15(2)8-11(9-16(3,4)20-15)19-10-12-13(17)6-5-7-14(12)18/h5-7,11,19-20H,8-10H2,1-4H3. The van der Waals surface area contributed by atoms with E-state index in [1.54, 1.807) is 0 Å². The van der Waals surface area contributed by atoms with Crippen LogP contribution in [0.1, 0.15) is 46.1 Å². The lowest BCUT2D eigenvalue weighted by Crippen LogP contribution is -2.61. The summed E-state index contributed by atoms with van der Waals surface area (Å²) in [4.78, 5) is 0. The van der Waals surface area contributed by atoms with Crippen molar-refractivity contribution in [3.63, 3.8) is 0 Å². The van der Waals surface area contributed by atoms with Crippen LogP contribution >= 0.6 is 0 Å². The summed E-state index contributed by atoms with van der Waals surface area (Å²) in [6.45, 7) is 8.87. The number of rotatable bonds is 3. The molecule has 1 saturated heterocycles. The van der Waals surface area contributed by atoms with E-state index >= 15 is 0 Å². The fraction of sp³-hybridized carbons (Fsp3) is 0.625. The number of hydrogen-bond acceptors (Lipinski definition) is 2. The van der Waals surface area contributed by atoms with Crippen LogP contribution in [-0.2, 0) is 6.54 Å². The van der Waals surface area contributed by atoms with E-state index in [2.05, 4.69) is 38.3 Å². The first-order chi connectivity index (χ1) is 9.19. The molecule has 1 aliphatic rings. The predicted molar refractivity (Wildman–Crippen MR) is 77.5 cm³/mol. The lowest BCUT2D eigenvalue weighted by atomic mass is 9.79. The largest absolute Gasteiger partial charge is 0.310 e. The van der Waals surface area contributed by atoms with Crippen molar-refractivity contribution >= 4 is 0 Å². The molecule has 1 aromatic rings. The van der Waals surface area contributed by atoms with Crippen molar-refractivity contribution in [2.75, 3.05) is 0 Å². The second-order valence-electron chi connectivity index (χ2n) is 7.08. The van der Waals surface area contributed by atoms with Gasteiger partial charge in [0.25, 0.3) is 0 Å². The maximum Gasteiger partial charge on any atom is 0.130 e. The average Bonchev–Trinajstić information content (AvgIpc) is 2.23. The third-order valence-electron chi connectivity index (χ3n) is 3.82. The second kappa shape index (κ2) is 5.41. The maximum atomic E-state index is 13.6. The molecule has 20 heavy (non-hydrogen) atoms. The van der Waals surface area contributed by atoms with Gasteiger partial charge in [0.15, 0.2) is 0 Å². The first-order valence-corrected chi connectivity index (χ1v) is 7.14. The minimum Gasteiger partial charge on any atom is -0.310 e. The average molecular weight is 282 g/mol. The second-order valence-corrected chi connectivity index (χ2v) is 7.08. The van der Waals surface area contributed by atoms with Crippen molar-refractivity contribution in [3.05, 3.63) is 35.4 Å². The molecule has 0 bridgehead atoms. The van der Waals surface area contributed by atoms with Crippen molar-refractivity contribution in [1.29, 1.82) is 0 Å². The zero-order valence-electron chi connectivity index (χ0n) is 12.7. The number of nitrogens with one attached hydrogen (secondary N) is 2. The van der Waals surface area contributed by atoms with Crippen molar-refractivity contribution in [2.24, 2.45) is 0 Å². The molecular formula is C16H24F2N2. The van der Waals surface area contributed by atoms with Crippen LogP contribution in [0.4, 0.5) is 8.78 Å². The normalized spacial score (nSPS) is 21.9. The molecule has 0 saturated carbocycles. The molecule has 2 N–H and O–H groups in total. The van der Waals surface area contributed by atoms with E-state index in [-0.39, 0.29) is 29.2 Å². The van der Waals surface area contributed by atoms with E-state index in [1.165, 1.54) is 18.2 Å². The van der Waals surface area contributed by atoms with Gasteiger partial charge in [0.05, 0.1) is 0 Å². The van der Waals surface area contributed by atoms with Gasteiger partial charge in [0.2, 0.25) is 0 Å². The van der Waals surface area contributed by atoms with E-state index in [9.17, 15) is 8.78 Å². The number of halogens is 2. The summed E-state index contributed by atoms with van der Waals surface area (Å²) in [6, 6.07) is 4.25. The van der Waals surface area contributed by atoms with E-state index in [0.29, 0.717) is 0 Å². The van der Waals surface area contributed by atoms with E-state index < -0.39 is 11.6 Å². The molecule has 1 aromatic carbocycles. The molecule has 1 aliphatic heterocycles. The summed E-state index contributed by atoms with van der Waals surface area (Å²) < 4.78 is 27.2.